The Kier molecular flexibility index (Phi) is 6.54. The van der Waals surface area contributed by atoms with E-state index in [9.17, 15) is 19.8 Å². The predicted octanol–water partition coefficient (Wildman–Crippen LogP) is 6.20. The van der Waals surface area contributed by atoms with Crippen LogP contribution in [0, 0.1) is 5.41 Å². The fourth-order valence-electron chi connectivity index (χ4n) is 5.35. The Balaban J connectivity index is 1.40. The Morgan fingerprint density at radius 3 is 2.51 bits per heavy atom. The molecule has 0 spiro atoms. The minimum atomic E-state index is -0.322. The largest absolute Gasteiger partial charge is 0.511 e. The molecule has 0 saturated heterocycles. The van der Waals surface area contributed by atoms with Crippen LogP contribution in [-0.4, -0.2) is 32.6 Å². The van der Waals surface area contributed by atoms with Gasteiger partial charge in [-0.15, -0.1) is 0 Å². The Hall–Kier alpha value is -4.00. The number of fused-ring (bicyclic) bond motifs is 1. The van der Waals surface area contributed by atoms with Crippen LogP contribution in [0.5, 0.6) is 5.75 Å². The summed E-state index contributed by atoms with van der Waals surface area (Å²) >= 11 is 0. The number of carbonyl (C=O) groups is 2. The fraction of sp³-hybridized carbons (Fsp3) is 0.333. The molecule has 190 valence electrons. The van der Waals surface area contributed by atoms with E-state index in [-0.39, 0.29) is 59.2 Å². The molecule has 0 radical (unpaired) electrons. The van der Waals surface area contributed by atoms with Crippen molar-refractivity contribution in [2.45, 2.75) is 58.3 Å². The average Bonchev–Trinajstić information content (AvgIpc) is 3.27. The summed E-state index contributed by atoms with van der Waals surface area (Å²) in [4.78, 5) is 30.7. The van der Waals surface area contributed by atoms with Crippen LogP contribution >= 0.6 is 0 Å². The normalized spacial score (nSPS) is 21.7. The number of aromatic hydroxyl groups is 1. The monoisotopic (exact) mass is 498 g/mol. The van der Waals surface area contributed by atoms with Crippen molar-refractivity contribution in [3.8, 4) is 5.75 Å². The van der Waals surface area contributed by atoms with Crippen molar-refractivity contribution in [2.75, 3.05) is 0 Å². The second-order valence-electron chi connectivity index (χ2n) is 10.7. The van der Waals surface area contributed by atoms with Gasteiger partial charge < -0.3 is 14.7 Å². The summed E-state index contributed by atoms with van der Waals surface area (Å²) in [5.41, 5.74) is 2.76. The number of aromatic nitrogens is 1. The third-order valence-electron chi connectivity index (χ3n) is 7.12. The molecule has 0 aliphatic heterocycles. The van der Waals surface area contributed by atoms with Crippen LogP contribution < -0.4 is 0 Å². The number of hydrogen-bond acceptors (Lipinski definition) is 7. The number of aryl methyl sites for hydroxylation is 1. The van der Waals surface area contributed by atoms with E-state index in [1.54, 1.807) is 18.2 Å². The van der Waals surface area contributed by atoms with Gasteiger partial charge in [0.1, 0.15) is 23.0 Å². The molecule has 0 bridgehead atoms. The number of nitrogens with zero attached hydrogens (tertiary/aromatic N) is 2. The van der Waals surface area contributed by atoms with E-state index in [1.165, 1.54) is 6.07 Å². The summed E-state index contributed by atoms with van der Waals surface area (Å²) < 4.78 is 5.56. The average molecular weight is 499 g/mol. The molecule has 1 saturated carbocycles. The van der Waals surface area contributed by atoms with Crippen LogP contribution in [0.15, 0.2) is 75.4 Å². The van der Waals surface area contributed by atoms with Gasteiger partial charge in [-0.2, -0.15) is 0 Å². The number of para-hydroxylation sites is 2. The molecule has 0 amide bonds. The zero-order valence-electron chi connectivity index (χ0n) is 21.0. The van der Waals surface area contributed by atoms with Crippen molar-refractivity contribution >= 4 is 23.0 Å². The molecule has 2 aliphatic carbocycles. The number of aliphatic imine (C=N–C) groups is 1. The molecule has 2 aromatic carbocycles. The minimum absolute atomic E-state index is 0.00575. The number of ketones is 2. The summed E-state index contributed by atoms with van der Waals surface area (Å²) in [5.74, 6) is 0.337. The van der Waals surface area contributed by atoms with Gasteiger partial charge in [-0.1, -0.05) is 61.5 Å². The summed E-state index contributed by atoms with van der Waals surface area (Å²) in [6.45, 7) is 3.96. The standard InChI is InChI=1S/C30H30N2O5/c1-30(2)16-22(31-20-10-6-7-11-23(20)33)28(26(36)17-30)24(34)13-12-21-29-25(35)14-19(15-27(29)37-32-21)18-8-4-3-5-9-18/h3-11,19,33-34H,12-17H2,1-2H3. The first-order chi connectivity index (χ1) is 17.7. The summed E-state index contributed by atoms with van der Waals surface area (Å²) in [6, 6.07) is 16.6. The van der Waals surface area contributed by atoms with Crippen molar-refractivity contribution in [3.05, 3.63) is 88.5 Å². The Labute approximate surface area is 215 Å². The van der Waals surface area contributed by atoms with Crippen LogP contribution in [0.3, 0.4) is 0 Å². The number of benzene rings is 2. The van der Waals surface area contributed by atoms with Gasteiger partial charge in [-0.05, 0) is 35.4 Å². The van der Waals surface area contributed by atoms with Gasteiger partial charge in [0.2, 0.25) is 0 Å². The van der Waals surface area contributed by atoms with Crippen LogP contribution in [0.25, 0.3) is 0 Å². The van der Waals surface area contributed by atoms with Crippen LogP contribution in [0.2, 0.25) is 0 Å². The molecule has 2 aliphatic rings. The molecule has 1 heterocycles. The van der Waals surface area contributed by atoms with Crippen molar-refractivity contribution in [3.63, 3.8) is 0 Å². The van der Waals surface area contributed by atoms with Gasteiger partial charge in [0.25, 0.3) is 0 Å². The molecular formula is C30H30N2O5. The smallest absolute Gasteiger partial charge is 0.168 e. The van der Waals surface area contributed by atoms with Gasteiger partial charge in [-0.3, -0.25) is 9.59 Å². The van der Waals surface area contributed by atoms with E-state index in [0.29, 0.717) is 47.7 Å². The number of phenols is 1. The second-order valence-corrected chi connectivity index (χ2v) is 10.7. The lowest BCUT2D eigenvalue weighted by Gasteiger charge is -2.31. The highest BCUT2D eigenvalue weighted by Gasteiger charge is 2.37. The molecule has 5 rings (SSSR count). The number of carbonyl (C=O) groups excluding carboxylic acids is 2. The maximum Gasteiger partial charge on any atom is 0.168 e. The highest BCUT2D eigenvalue weighted by molar-refractivity contribution is 6.25. The maximum absolute atomic E-state index is 13.1. The van der Waals surface area contributed by atoms with Crippen LogP contribution in [0.1, 0.15) is 72.8 Å². The third kappa shape index (κ3) is 5.12. The van der Waals surface area contributed by atoms with Gasteiger partial charge >= 0.3 is 0 Å². The number of hydrogen-bond donors (Lipinski definition) is 2. The zero-order chi connectivity index (χ0) is 26.2. The third-order valence-corrected chi connectivity index (χ3v) is 7.12. The molecule has 3 aromatic rings. The molecule has 2 N–H and O–H groups in total. The Bertz CT molecular complexity index is 1410. The molecule has 1 unspecified atom stereocenters. The summed E-state index contributed by atoms with van der Waals surface area (Å²) in [5, 5.41) is 25.4. The number of allylic oxidation sites excluding steroid dienone is 2. The molecular weight excluding hydrogens is 468 g/mol. The predicted molar refractivity (Wildman–Crippen MR) is 140 cm³/mol. The molecule has 7 nitrogen and oxygen atoms in total. The van der Waals surface area contributed by atoms with Crippen molar-refractivity contribution in [1.82, 2.24) is 5.16 Å². The van der Waals surface area contributed by atoms with Crippen molar-refractivity contribution in [2.24, 2.45) is 10.4 Å². The van der Waals surface area contributed by atoms with E-state index >= 15 is 0 Å². The van der Waals surface area contributed by atoms with E-state index in [2.05, 4.69) is 10.1 Å². The lowest BCUT2D eigenvalue weighted by molar-refractivity contribution is -0.117. The Morgan fingerprint density at radius 2 is 1.76 bits per heavy atom. The highest BCUT2D eigenvalue weighted by Crippen LogP contribution is 2.39. The molecule has 1 fully saturated rings. The quantitative estimate of drug-likeness (QED) is 0.320. The molecule has 1 atom stereocenters. The van der Waals surface area contributed by atoms with Crippen LogP contribution in [-0.2, 0) is 17.6 Å². The number of aliphatic hydroxyl groups is 1. The molecule has 1 aromatic heterocycles. The van der Waals surface area contributed by atoms with Gasteiger partial charge in [0.05, 0.1) is 22.5 Å². The summed E-state index contributed by atoms with van der Waals surface area (Å²) in [7, 11) is 0. The molecule has 37 heavy (non-hydrogen) atoms. The number of phenolic OH excluding ortho intramolecular Hbond substituents is 1. The first-order valence-corrected chi connectivity index (χ1v) is 12.6. The van der Waals surface area contributed by atoms with E-state index in [1.807, 2.05) is 44.2 Å². The minimum Gasteiger partial charge on any atom is -0.511 e. The lowest BCUT2D eigenvalue weighted by atomic mass is 9.73. The van der Waals surface area contributed by atoms with Crippen molar-refractivity contribution < 1.29 is 24.3 Å². The second kappa shape index (κ2) is 9.81. The van der Waals surface area contributed by atoms with Gasteiger partial charge in [0.15, 0.2) is 11.6 Å². The first kappa shape index (κ1) is 24.7. The van der Waals surface area contributed by atoms with Crippen molar-refractivity contribution in [1.29, 1.82) is 0 Å². The number of aliphatic hydroxyl groups excluding tert-OH is 1. The van der Waals surface area contributed by atoms with E-state index in [4.69, 9.17) is 4.52 Å². The van der Waals surface area contributed by atoms with Gasteiger partial charge in [-0.25, -0.2) is 4.99 Å². The van der Waals surface area contributed by atoms with Gasteiger partial charge in [0, 0.05) is 32.1 Å². The zero-order valence-corrected chi connectivity index (χ0v) is 21.0. The lowest BCUT2D eigenvalue weighted by Crippen LogP contribution is -2.32. The topological polar surface area (TPSA) is 113 Å². The first-order valence-electron chi connectivity index (χ1n) is 12.6. The number of rotatable bonds is 5. The fourth-order valence-corrected chi connectivity index (χ4v) is 5.35. The maximum atomic E-state index is 13.1. The SMILES string of the molecule is CC1(C)CC(=O)C(=C(O)CCc2noc3c2C(=O)CC(c2ccccc2)C3)C(=Nc2ccccc2O)C1. The van der Waals surface area contributed by atoms with E-state index in [0.717, 1.165) is 5.56 Å². The highest BCUT2D eigenvalue weighted by atomic mass is 16.5. The number of Topliss-reactive ketones (excluding diaryl/α,β-unsaturated/α-hetero) is 2. The summed E-state index contributed by atoms with van der Waals surface area (Å²) in [6.07, 6.45) is 2.11. The van der Waals surface area contributed by atoms with E-state index < -0.39 is 0 Å². The van der Waals surface area contributed by atoms with Crippen LogP contribution in [0.4, 0.5) is 5.69 Å². The Morgan fingerprint density at radius 1 is 1.03 bits per heavy atom. The molecule has 7 heteroatoms.